The Hall–Kier alpha value is -1.92. The summed E-state index contributed by atoms with van der Waals surface area (Å²) < 4.78 is 51.1. The highest BCUT2D eigenvalue weighted by molar-refractivity contribution is 6.15. The molecule has 0 spiro atoms. The molecule has 1 saturated heterocycles. The van der Waals surface area contributed by atoms with Gasteiger partial charge in [-0.25, -0.2) is 4.39 Å². The van der Waals surface area contributed by atoms with Crippen molar-refractivity contribution >= 4 is 11.8 Å². The third kappa shape index (κ3) is 1.50. The van der Waals surface area contributed by atoms with Gasteiger partial charge in [0.05, 0.1) is 16.9 Å². The van der Waals surface area contributed by atoms with Crippen molar-refractivity contribution in [3.8, 4) is 0 Å². The van der Waals surface area contributed by atoms with Crippen LogP contribution in [0.25, 0.3) is 0 Å². The van der Waals surface area contributed by atoms with Crippen LogP contribution in [-0.4, -0.2) is 11.8 Å². The van der Waals surface area contributed by atoms with Gasteiger partial charge in [0.25, 0.3) is 0 Å². The lowest BCUT2D eigenvalue weighted by Crippen LogP contribution is -2.30. The smallest absolute Gasteiger partial charge is 0.295 e. The summed E-state index contributed by atoms with van der Waals surface area (Å²) in [7, 11) is 0. The van der Waals surface area contributed by atoms with Crippen molar-refractivity contribution in [1.82, 2.24) is 5.32 Å². The van der Waals surface area contributed by atoms with Crippen LogP contribution in [0.1, 0.15) is 17.5 Å². The minimum atomic E-state index is -4.65. The monoisotopic (exact) mass is 273 g/mol. The second kappa shape index (κ2) is 3.34. The first-order chi connectivity index (χ1) is 8.76. The average Bonchev–Trinajstić information content (AvgIpc) is 2.98. The van der Waals surface area contributed by atoms with Gasteiger partial charge in [0.1, 0.15) is 5.82 Å². The molecule has 1 aliphatic heterocycles. The van der Waals surface area contributed by atoms with Crippen molar-refractivity contribution in [2.75, 3.05) is 0 Å². The molecule has 2 fully saturated rings. The molecule has 1 heterocycles. The first-order valence-corrected chi connectivity index (χ1v) is 5.49. The molecule has 0 bridgehead atoms. The maximum absolute atomic E-state index is 13.8. The third-order valence-corrected chi connectivity index (χ3v) is 3.70. The summed E-state index contributed by atoms with van der Waals surface area (Å²) in [5.74, 6) is -2.90. The van der Waals surface area contributed by atoms with Gasteiger partial charge in [-0.2, -0.15) is 13.2 Å². The van der Waals surface area contributed by atoms with Crippen LogP contribution < -0.4 is 5.32 Å². The number of benzene rings is 1. The maximum atomic E-state index is 13.8. The third-order valence-electron chi connectivity index (χ3n) is 3.70. The number of alkyl halides is 3. The number of carbonyl (C=O) groups is 2. The number of hydrogen-bond donors (Lipinski definition) is 1. The minimum Gasteiger partial charge on any atom is -0.295 e. The Morgan fingerprint density at radius 1 is 1.26 bits per heavy atom. The molecule has 19 heavy (non-hydrogen) atoms. The molecule has 3 rings (SSSR count). The fraction of sp³-hybridized carbons (Fsp3) is 0.333. The lowest BCUT2D eigenvalue weighted by atomic mass is 9.92. The van der Waals surface area contributed by atoms with Crippen LogP contribution in [-0.2, 0) is 21.2 Å². The summed E-state index contributed by atoms with van der Waals surface area (Å²) in [6.45, 7) is 0. The lowest BCUT2D eigenvalue weighted by Gasteiger charge is -2.13. The van der Waals surface area contributed by atoms with Crippen molar-refractivity contribution in [2.24, 2.45) is 5.92 Å². The van der Waals surface area contributed by atoms with Crippen LogP contribution in [0.5, 0.6) is 0 Å². The zero-order valence-corrected chi connectivity index (χ0v) is 9.34. The van der Waals surface area contributed by atoms with E-state index in [0.29, 0.717) is 6.07 Å². The molecule has 2 atom stereocenters. The van der Waals surface area contributed by atoms with Crippen molar-refractivity contribution in [3.63, 3.8) is 0 Å². The first kappa shape index (κ1) is 12.1. The predicted molar refractivity (Wildman–Crippen MR) is 54.3 cm³/mol. The Labute approximate surface area is 104 Å². The highest BCUT2D eigenvalue weighted by Gasteiger charge is 2.70. The van der Waals surface area contributed by atoms with E-state index in [0.717, 1.165) is 12.1 Å². The molecule has 3 nitrogen and oxygen atoms in total. The fourth-order valence-electron chi connectivity index (χ4n) is 2.61. The summed E-state index contributed by atoms with van der Waals surface area (Å²) >= 11 is 0. The van der Waals surface area contributed by atoms with Gasteiger partial charge in [-0.05, 0) is 18.6 Å². The Bertz CT molecular complexity index is 610. The molecule has 0 unspecified atom stereocenters. The molecule has 7 heteroatoms. The zero-order chi connectivity index (χ0) is 14.0. The van der Waals surface area contributed by atoms with Gasteiger partial charge >= 0.3 is 6.18 Å². The number of halogens is 4. The normalized spacial score (nSPS) is 29.2. The van der Waals surface area contributed by atoms with Crippen LogP contribution in [0.3, 0.4) is 0 Å². The number of nitrogens with one attached hydrogen (secondary N) is 1. The molecule has 100 valence electrons. The van der Waals surface area contributed by atoms with Gasteiger partial charge in [-0.1, -0.05) is 6.07 Å². The standard InChI is InChI=1S/C12H7F4NO2/c13-8-3-5(12(14,15)16)1-2-6(8)11-4-7(11)9(18)17-10(11)19/h1-3,7H,4H2,(H,17,18,19)/t7-,11+/m0/s1. The zero-order valence-electron chi connectivity index (χ0n) is 9.34. The van der Waals surface area contributed by atoms with E-state index in [4.69, 9.17) is 0 Å². The van der Waals surface area contributed by atoms with E-state index in [1.165, 1.54) is 0 Å². The molecule has 0 aromatic heterocycles. The van der Waals surface area contributed by atoms with E-state index in [9.17, 15) is 27.2 Å². The topological polar surface area (TPSA) is 46.2 Å². The van der Waals surface area contributed by atoms with Gasteiger partial charge < -0.3 is 0 Å². The average molecular weight is 273 g/mol. The van der Waals surface area contributed by atoms with E-state index >= 15 is 0 Å². The lowest BCUT2D eigenvalue weighted by molar-refractivity contribution is -0.137. The van der Waals surface area contributed by atoms with Crippen LogP contribution in [0.15, 0.2) is 18.2 Å². The van der Waals surface area contributed by atoms with Crippen LogP contribution in [0.4, 0.5) is 17.6 Å². The Morgan fingerprint density at radius 2 is 1.95 bits per heavy atom. The number of fused-ring (bicyclic) bond motifs is 1. The second-order valence-electron chi connectivity index (χ2n) is 4.74. The number of amides is 2. The van der Waals surface area contributed by atoms with Crippen molar-refractivity contribution in [3.05, 3.63) is 35.1 Å². The number of rotatable bonds is 1. The quantitative estimate of drug-likeness (QED) is 0.626. The maximum Gasteiger partial charge on any atom is 0.416 e. The number of imide groups is 1. The summed E-state index contributed by atoms with van der Waals surface area (Å²) in [5, 5.41) is 2.06. The fourth-order valence-corrected chi connectivity index (χ4v) is 2.61. The van der Waals surface area contributed by atoms with Gasteiger partial charge in [-0.3, -0.25) is 14.9 Å². The number of carbonyl (C=O) groups excluding carboxylic acids is 2. The van der Waals surface area contributed by atoms with Gasteiger partial charge in [-0.15, -0.1) is 0 Å². The van der Waals surface area contributed by atoms with Crippen LogP contribution in [0, 0.1) is 11.7 Å². The molecule has 2 aliphatic rings. The summed E-state index contributed by atoms with van der Waals surface area (Å²) in [6, 6.07) is 2.02. The molecular weight excluding hydrogens is 266 g/mol. The first-order valence-electron chi connectivity index (χ1n) is 5.49. The van der Waals surface area contributed by atoms with Crippen molar-refractivity contribution in [1.29, 1.82) is 0 Å². The molecular formula is C12H7F4NO2. The predicted octanol–water partition coefficient (Wildman–Crippen LogP) is 1.76. The molecule has 1 aromatic carbocycles. The van der Waals surface area contributed by atoms with Crippen LogP contribution in [0.2, 0.25) is 0 Å². The van der Waals surface area contributed by atoms with Gasteiger partial charge in [0.15, 0.2) is 0 Å². The highest BCUT2D eigenvalue weighted by atomic mass is 19.4. The number of hydrogen-bond acceptors (Lipinski definition) is 2. The summed E-state index contributed by atoms with van der Waals surface area (Å²) in [6.07, 6.45) is -4.49. The molecule has 1 N–H and O–H groups in total. The van der Waals surface area contributed by atoms with Gasteiger partial charge in [0.2, 0.25) is 11.8 Å². The van der Waals surface area contributed by atoms with E-state index < -0.39 is 40.7 Å². The van der Waals surface area contributed by atoms with Crippen LogP contribution >= 0.6 is 0 Å². The largest absolute Gasteiger partial charge is 0.416 e. The number of piperidine rings is 1. The van der Waals surface area contributed by atoms with E-state index in [1.807, 2.05) is 0 Å². The summed E-state index contributed by atoms with van der Waals surface area (Å²) in [5.41, 5.74) is -2.56. The molecule has 2 amide bonds. The Morgan fingerprint density at radius 3 is 2.37 bits per heavy atom. The molecule has 1 saturated carbocycles. The van der Waals surface area contributed by atoms with E-state index in [1.54, 1.807) is 0 Å². The highest BCUT2D eigenvalue weighted by Crippen LogP contribution is 2.58. The van der Waals surface area contributed by atoms with E-state index in [2.05, 4.69) is 5.32 Å². The summed E-state index contributed by atoms with van der Waals surface area (Å²) in [4.78, 5) is 23.0. The van der Waals surface area contributed by atoms with Gasteiger partial charge in [0, 0.05) is 5.56 Å². The second-order valence-corrected chi connectivity index (χ2v) is 4.74. The minimum absolute atomic E-state index is 0.145. The Kier molecular flexibility index (Phi) is 2.13. The van der Waals surface area contributed by atoms with E-state index in [-0.39, 0.29) is 12.0 Å². The Balaban J connectivity index is 2.05. The molecule has 1 aliphatic carbocycles. The van der Waals surface area contributed by atoms with Crippen molar-refractivity contribution in [2.45, 2.75) is 18.0 Å². The van der Waals surface area contributed by atoms with Crippen molar-refractivity contribution < 1.29 is 27.2 Å². The SMILES string of the molecule is O=C1NC(=O)[C@@]2(c3ccc(C(F)(F)F)cc3F)C[C@@H]12. The molecule has 1 aromatic rings. The molecule has 0 radical (unpaired) electrons.